The van der Waals surface area contributed by atoms with E-state index in [4.69, 9.17) is 5.73 Å². The first-order chi connectivity index (χ1) is 24.4. The van der Waals surface area contributed by atoms with Gasteiger partial charge in [0.2, 0.25) is 17.7 Å². The summed E-state index contributed by atoms with van der Waals surface area (Å²) >= 11 is 1.28. The van der Waals surface area contributed by atoms with Crippen molar-refractivity contribution in [1.29, 1.82) is 0 Å². The van der Waals surface area contributed by atoms with Gasteiger partial charge in [-0.2, -0.15) is 0 Å². The van der Waals surface area contributed by atoms with Crippen LogP contribution in [0.15, 0.2) is 29.8 Å². The second-order valence-electron chi connectivity index (χ2n) is 15.0. The molecule has 12 heteroatoms. The maximum absolute atomic E-state index is 14.4. The zero-order chi connectivity index (χ0) is 37.3. The van der Waals surface area contributed by atoms with Crippen molar-refractivity contribution in [3.63, 3.8) is 0 Å². The number of thiazole rings is 1. The van der Waals surface area contributed by atoms with Crippen LogP contribution in [0.2, 0.25) is 0 Å². The summed E-state index contributed by atoms with van der Waals surface area (Å²) in [4.78, 5) is 54.4. The molecule has 0 radical (unpaired) electrons. The summed E-state index contributed by atoms with van der Waals surface area (Å²) in [5, 5.41) is 27.6. The van der Waals surface area contributed by atoms with E-state index < -0.39 is 24.2 Å². The van der Waals surface area contributed by atoms with Gasteiger partial charge < -0.3 is 31.1 Å². The number of pyridine rings is 1. The van der Waals surface area contributed by atoms with Crippen molar-refractivity contribution in [2.45, 2.75) is 142 Å². The Balaban J connectivity index is 1.85. The number of nitrogens with zero attached hydrogens (tertiary/aromatic N) is 4. The first-order valence-electron chi connectivity index (χ1n) is 19.2. The zero-order valence-corrected chi connectivity index (χ0v) is 32.5. The van der Waals surface area contributed by atoms with Crippen LogP contribution in [0, 0.1) is 17.8 Å². The Bertz CT molecular complexity index is 1310. The summed E-state index contributed by atoms with van der Waals surface area (Å²) in [7, 11) is 1.75. The molecule has 286 valence electrons. The average Bonchev–Trinajstić information content (AvgIpc) is 3.52. The molecule has 5 N–H and O–H groups in total. The van der Waals surface area contributed by atoms with Crippen molar-refractivity contribution in [2.24, 2.45) is 17.8 Å². The van der Waals surface area contributed by atoms with Gasteiger partial charge in [0, 0.05) is 56.2 Å². The van der Waals surface area contributed by atoms with Crippen molar-refractivity contribution in [2.75, 3.05) is 25.9 Å². The molecule has 51 heavy (non-hydrogen) atoms. The third kappa shape index (κ3) is 14.5. The van der Waals surface area contributed by atoms with Crippen LogP contribution >= 0.6 is 11.3 Å². The van der Waals surface area contributed by atoms with E-state index in [-0.39, 0.29) is 49.1 Å². The predicted molar refractivity (Wildman–Crippen MR) is 204 cm³/mol. The quantitative estimate of drug-likeness (QED) is 0.126. The fraction of sp³-hybridized carbons (Fsp3) is 0.718. The van der Waals surface area contributed by atoms with Gasteiger partial charge in [0.05, 0.1) is 30.3 Å². The summed E-state index contributed by atoms with van der Waals surface area (Å²) < 4.78 is 0. The van der Waals surface area contributed by atoms with E-state index in [9.17, 15) is 24.6 Å². The van der Waals surface area contributed by atoms with E-state index in [2.05, 4.69) is 29.1 Å². The van der Waals surface area contributed by atoms with E-state index in [0.717, 1.165) is 57.1 Å². The number of amides is 3. The maximum atomic E-state index is 14.4. The topological polar surface area (TPSA) is 162 Å². The van der Waals surface area contributed by atoms with Gasteiger partial charge in [-0.3, -0.25) is 19.4 Å². The van der Waals surface area contributed by atoms with E-state index in [0.29, 0.717) is 42.6 Å². The highest BCUT2D eigenvalue weighted by atomic mass is 32.1. The second-order valence-corrected chi connectivity index (χ2v) is 15.9. The molecule has 2 aromatic rings. The van der Waals surface area contributed by atoms with Gasteiger partial charge >= 0.3 is 0 Å². The molecule has 4 atom stereocenters. The highest BCUT2D eigenvalue weighted by Gasteiger charge is 2.35. The molecule has 1 unspecified atom stereocenters. The molecule has 0 bridgehead atoms. The van der Waals surface area contributed by atoms with Gasteiger partial charge in [-0.15, -0.1) is 11.3 Å². The number of nitrogens with two attached hydrogens (primary N) is 1. The minimum atomic E-state index is -1.14. The Morgan fingerprint density at radius 3 is 2.33 bits per heavy atom. The van der Waals surface area contributed by atoms with Crippen LogP contribution in [0.25, 0.3) is 0 Å². The lowest BCUT2D eigenvalue weighted by molar-refractivity contribution is -0.144. The first-order valence-corrected chi connectivity index (χ1v) is 20.1. The molecular formula is C39H64N6O5S. The number of aliphatic hydroxyl groups excluding tert-OH is 2. The Morgan fingerprint density at radius 2 is 1.75 bits per heavy atom. The van der Waals surface area contributed by atoms with Crippen LogP contribution in [0.4, 0.5) is 5.13 Å². The summed E-state index contributed by atoms with van der Waals surface area (Å²) in [5.41, 5.74) is 7.46. The number of aromatic nitrogens is 2. The number of rotatable bonds is 22. The van der Waals surface area contributed by atoms with Crippen molar-refractivity contribution in [3.8, 4) is 0 Å². The van der Waals surface area contributed by atoms with Crippen molar-refractivity contribution in [1.82, 2.24) is 25.1 Å². The van der Waals surface area contributed by atoms with Gasteiger partial charge in [0.1, 0.15) is 6.10 Å². The van der Waals surface area contributed by atoms with Gasteiger partial charge in [0.15, 0.2) is 5.13 Å². The lowest BCUT2D eigenvalue weighted by atomic mass is 9.82. The van der Waals surface area contributed by atoms with Crippen LogP contribution in [-0.4, -0.2) is 92.1 Å². The van der Waals surface area contributed by atoms with Crippen LogP contribution in [-0.2, 0) is 27.2 Å². The number of anilines is 1. The smallest absolute Gasteiger partial charge is 0.241 e. The number of carbonyl (C=O) groups is 3. The highest BCUT2D eigenvalue weighted by molar-refractivity contribution is 7.13. The average molecular weight is 729 g/mol. The summed E-state index contributed by atoms with van der Waals surface area (Å²) in [6.45, 7) is 8.51. The van der Waals surface area contributed by atoms with Crippen molar-refractivity contribution >= 4 is 34.2 Å². The number of carbonyl (C=O) groups excluding carboxylic acids is 3. The predicted octanol–water partition coefficient (Wildman–Crippen LogP) is 5.39. The van der Waals surface area contributed by atoms with Crippen LogP contribution in [0.1, 0.15) is 116 Å². The van der Waals surface area contributed by atoms with Crippen LogP contribution < -0.4 is 11.1 Å². The summed E-state index contributed by atoms with van der Waals surface area (Å²) in [5.74, 6) is -1.11. The van der Waals surface area contributed by atoms with Crippen LogP contribution in [0.5, 0.6) is 0 Å². The number of hydrogen-bond acceptors (Lipinski definition) is 9. The fourth-order valence-electron chi connectivity index (χ4n) is 7.27. The maximum Gasteiger partial charge on any atom is 0.241 e. The molecule has 1 saturated carbocycles. The Kier molecular flexibility index (Phi) is 18.3. The lowest BCUT2D eigenvalue weighted by Crippen LogP contribution is -2.52. The summed E-state index contributed by atoms with van der Waals surface area (Å²) in [6.07, 6.45) is 9.87. The molecule has 2 aromatic heterocycles. The standard InChI is InChI=1S/C39H64N6O5S/c1-6-13-32(14-7-2)45(25-36(48)44(5)20-18-30-17-11-12-19-41-30)35(47)24-29(23-31-26-51-39(40)42-31)38(50)43-33(22-28-15-9-8-10-16-28)37(49)34(46)21-27(3)4/h11-12,17,19,26-29,32-34,37,46,49H,6-10,13-16,18,20-25H2,1-5H3,(H2,40,42)(H,43,50)/t29-,33?,34+,37-/m1/s1. The number of aliphatic hydroxyl groups is 2. The van der Waals surface area contributed by atoms with E-state index in [1.54, 1.807) is 28.4 Å². The van der Waals surface area contributed by atoms with Gasteiger partial charge in [-0.05, 0) is 49.7 Å². The van der Waals surface area contributed by atoms with Crippen LogP contribution in [0.3, 0.4) is 0 Å². The molecule has 0 spiro atoms. The third-order valence-corrected chi connectivity index (χ3v) is 10.9. The molecule has 11 nitrogen and oxygen atoms in total. The number of nitrogens with one attached hydrogen (secondary N) is 1. The van der Waals surface area contributed by atoms with E-state index in [1.165, 1.54) is 17.8 Å². The van der Waals surface area contributed by atoms with Gasteiger partial charge in [0.25, 0.3) is 0 Å². The molecule has 3 rings (SSSR count). The third-order valence-electron chi connectivity index (χ3n) is 10.1. The molecule has 2 heterocycles. The molecule has 1 aliphatic carbocycles. The minimum absolute atomic E-state index is 0.0787. The molecule has 3 amide bonds. The Labute approximate surface area is 309 Å². The van der Waals surface area contributed by atoms with E-state index in [1.807, 2.05) is 32.0 Å². The molecule has 1 fully saturated rings. The molecule has 0 aliphatic heterocycles. The second kappa shape index (κ2) is 22.1. The highest BCUT2D eigenvalue weighted by Crippen LogP contribution is 2.30. The molecular weight excluding hydrogens is 665 g/mol. The van der Waals surface area contributed by atoms with Gasteiger partial charge in [-0.1, -0.05) is 78.7 Å². The fourth-order valence-corrected chi connectivity index (χ4v) is 7.85. The zero-order valence-electron chi connectivity index (χ0n) is 31.6. The van der Waals surface area contributed by atoms with Crippen molar-refractivity contribution in [3.05, 3.63) is 41.2 Å². The number of nitrogen functional groups attached to an aromatic ring is 1. The SMILES string of the molecule is CCCC(CCC)N(CC(=O)N(C)CCc1ccccn1)C(=O)C[C@@H](Cc1csc(N)n1)C(=O)NC(CC1CCCCC1)[C@@H](O)[C@@H](O)CC(C)C. The summed E-state index contributed by atoms with van der Waals surface area (Å²) in [6, 6.07) is 4.90. The van der Waals surface area contributed by atoms with Gasteiger partial charge in [-0.25, -0.2) is 4.98 Å². The molecule has 0 saturated heterocycles. The van der Waals surface area contributed by atoms with E-state index >= 15 is 0 Å². The Hall–Kier alpha value is -3.09. The molecule has 1 aliphatic rings. The number of hydrogen-bond donors (Lipinski definition) is 4. The largest absolute Gasteiger partial charge is 0.390 e. The number of likely N-dealkylation sites (N-methyl/N-ethyl adjacent to an activating group) is 1. The first kappa shape index (κ1) is 42.3. The Morgan fingerprint density at radius 1 is 1.04 bits per heavy atom. The van der Waals surface area contributed by atoms with Crippen molar-refractivity contribution < 1.29 is 24.6 Å². The lowest BCUT2D eigenvalue weighted by Gasteiger charge is -2.35. The monoisotopic (exact) mass is 728 g/mol. The minimum Gasteiger partial charge on any atom is -0.390 e. The normalized spacial score (nSPS) is 16.1. The molecule has 0 aromatic carbocycles.